The third-order valence-electron chi connectivity index (χ3n) is 4.52. The standard InChI is InChI=1S/C22H26N6O4S/c1-33-19(12-15-6-3-2-4-7-15)22(32)28(14-29)11-5-8-20(31)25-16-9-10-17(18(30)13-16)21(26-23)27-24/h2-4,6-7,9-10,12-14,30H,5,8,11,23-24H2,1H3,(H,25,31)(H,26,27)/b19-12-. The Labute approximate surface area is 195 Å². The van der Waals surface area contributed by atoms with Crippen LogP contribution < -0.4 is 22.4 Å². The number of imide groups is 1. The Bertz CT molecular complexity index is 1040. The Morgan fingerprint density at radius 1 is 1.21 bits per heavy atom. The molecule has 2 rings (SSSR count). The molecule has 0 saturated carbocycles. The summed E-state index contributed by atoms with van der Waals surface area (Å²) in [5.74, 6) is 9.61. The summed E-state index contributed by atoms with van der Waals surface area (Å²) in [5, 5.41) is 16.1. The van der Waals surface area contributed by atoms with E-state index in [0.717, 1.165) is 10.5 Å². The van der Waals surface area contributed by atoms with E-state index >= 15 is 0 Å². The molecular weight excluding hydrogens is 444 g/mol. The molecular formula is C22H26N6O4S. The van der Waals surface area contributed by atoms with Crippen molar-refractivity contribution >= 4 is 47.6 Å². The molecule has 0 aliphatic heterocycles. The first kappa shape index (κ1) is 25.4. The first-order valence-electron chi connectivity index (χ1n) is 9.88. The van der Waals surface area contributed by atoms with Crippen LogP contribution in [0.1, 0.15) is 24.0 Å². The lowest BCUT2D eigenvalue weighted by atomic mass is 10.1. The highest BCUT2D eigenvalue weighted by atomic mass is 32.2. The summed E-state index contributed by atoms with van der Waals surface area (Å²) in [7, 11) is 0. The van der Waals surface area contributed by atoms with Gasteiger partial charge in [-0.2, -0.15) is 5.10 Å². The quantitative estimate of drug-likeness (QED) is 0.0872. The number of nitrogens with zero attached hydrogens (tertiary/aromatic N) is 2. The van der Waals surface area contributed by atoms with Crippen molar-refractivity contribution in [3.05, 3.63) is 64.6 Å². The number of hydrazone groups is 1. The smallest absolute Gasteiger partial charge is 0.266 e. The van der Waals surface area contributed by atoms with E-state index in [0.29, 0.717) is 17.0 Å². The minimum Gasteiger partial charge on any atom is -0.507 e. The number of rotatable bonds is 10. The van der Waals surface area contributed by atoms with Crippen LogP contribution >= 0.6 is 11.8 Å². The van der Waals surface area contributed by atoms with Crippen LogP contribution in [0.3, 0.4) is 0 Å². The summed E-state index contributed by atoms with van der Waals surface area (Å²) in [6.07, 6.45) is 4.28. The predicted molar refractivity (Wildman–Crippen MR) is 130 cm³/mol. The molecule has 0 bridgehead atoms. The Balaban J connectivity index is 1.93. The molecule has 0 unspecified atom stereocenters. The second-order valence-electron chi connectivity index (χ2n) is 6.73. The van der Waals surface area contributed by atoms with Gasteiger partial charge in [0.2, 0.25) is 12.3 Å². The fraction of sp³-hybridized carbons (Fsp3) is 0.182. The van der Waals surface area contributed by atoms with Crippen LogP contribution in [0.25, 0.3) is 6.08 Å². The molecule has 0 aliphatic rings. The Hall–Kier alpha value is -3.83. The van der Waals surface area contributed by atoms with Crippen LogP contribution in [0, 0.1) is 0 Å². The molecule has 0 atom stereocenters. The largest absolute Gasteiger partial charge is 0.507 e. The number of hydrogen-bond donors (Lipinski definition) is 5. The van der Waals surface area contributed by atoms with Gasteiger partial charge >= 0.3 is 0 Å². The van der Waals surface area contributed by atoms with Crippen molar-refractivity contribution in [1.29, 1.82) is 0 Å². The van der Waals surface area contributed by atoms with Gasteiger partial charge in [-0.05, 0) is 36.4 Å². The first-order chi connectivity index (χ1) is 15.9. The van der Waals surface area contributed by atoms with Gasteiger partial charge in [0, 0.05) is 24.7 Å². The number of thioether (sulfide) groups is 1. The second kappa shape index (κ2) is 12.9. The number of carbonyl (C=O) groups is 3. The van der Waals surface area contributed by atoms with E-state index in [1.54, 1.807) is 18.4 Å². The zero-order valence-corrected chi connectivity index (χ0v) is 18.8. The van der Waals surface area contributed by atoms with E-state index in [1.165, 1.54) is 23.9 Å². The fourth-order valence-corrected chi connectivity index (χ4v) is 3.43. The number of phenols is 1. The summed E-state index contributed by atoms with van der Waals surface area (Å²) < 4.78 is 0. The van der Waals surface area contributed by atoms with Crippen LogP contribution in [-0.2, 0) is 14.4 Å². The summed E-state index contributed by atoms with van der Waals surface area (Å²) in [6.45, 7) is 0.0884. The van der Waals surface area contributed by atoms with Gasteiger partial charge in [-0.3, -0.25) is 19.3 Å². The maximum atomic E-state index is 12.7. The molecule has 0 fully saturated rings. The van der Waals surface area contributed by atoms with Crippen molar-refractivity contribution in [3.8, 4) is 5.75 Å². The summed E-state index contributed by atoms with van der Waals surface area (Å²) in [4.78, 5) is 37.9. The molecule has 0 aliphatic carbocycles. The first-order valence-corrected chi connectivity index (χ1v) is 11.1. The van der Waals surface area contributed by atoms with Gasteiger partial charge in [-0.1, -0.05) is 30.3 Å². The third-order valence-corrected chi connectivity index (χ3v) is 5.25. The average Bonchev–Trinajstić information content (AvgIpc) is 2.82. The van der Waals surface area contributed by atoms with Crippen molar-refractivity contribution < 1.29 is 19.5 Å². The molecule has 3 amide bonds. The molecule has 11 heteroatoms. The van der Waals surface area contributed by atoms with Gasteiger partial charge < -0.3 is 21.7 Å². The van der Waals surface area contributed by atoms with Crippen LogP contribution in [-0.4, -0.2) is 46.9 Å². The van der Waals surface area contributed by atoms with Crippen LogP contribution in [0.2, 0.25) is 0 Å². The maximum absolute atomic E-state index is 12.7. The third kappa shape index (κ3) is 7.37. The number of amides is 3. The van der Waals surface area contributed by atoms with E-state index in [1.807, 2.05) is 30.3 Å². The SMILES string of the molecule is CS/C(=C\c1ccccc1)C(=O)N(C=O)CCCC(=O)Nc1ccc(/C(=N/N)NN)c(O)c1. The molecule has 2 aromatic carbocycles. The van der Waals surface area contributed by atoms with Crippen molar-refractivity contribution in [2.45, 2.75) is 12.8 Å². The van der Waals surface area contributed by atoms with Crippen LogP contribution in [0.4, 0.5) is 5.69 Å². The van der Waals surface area contributed by atoms with Crippen molar-refractivity contribution in [2.24, 2.45) is 16.8 Å². The minimum absolute atomic E-state index is 0.0665. The van der Waals surface area contributed by atoms with Gasteiger partial charge in [0.25, 0.3) is 5.91 Å². The average molecular weight is 471 g/mol. The van der Waals surface area contributed by atoms with Gasteiger partial charge in [0.05, 0.1) is 10.5 Å². The number of phenolic OH excluding ortho intramolecular Hbond substituents is 1. The van der Waals surface area contributed by atoms with Crippen molar-refractivity contribution in [1.82, 2.24) is 10.3 Å². The van der Waals surface area contributed by atoms with Crippen LogP contribution in [0.15, 0.2) is 58.5 Å². The van der Waals surface area contributed by atoms with Crippen LogP contribution in [0.5, 0.6) is 5.75 Å². The maximum Gasteiger partial charge on any atom is 0.266 e. The molecule has 10 nitrogen and oxygen atoms in total. The van der Waals surface area contributed by atoms with Gasteiger partial charge in [-0.15, -0.1) is 11.8 Å². The van der Waals surface area contributed by atoms with Crippen molar-refractivity contribution in [3.63, 3.8) is 0 Å². The van der Waals surface area contributed by atoms with Gasteiger partial charge in [-0.25, -0.2) is 5.84 Å². The number of benzene rings is 2. The molecule has 33 heavy (non-hydrogen) atoms. The van der Waals surface area contributed by atoms with E-state index in [-0.39, 0.29) is 42.4 Å². The van der Waals surface area contributed by atoms with E-state index < -0.39 is 5.91 Å². The highest BCUT2D eigenvalue weighted by molar-refractivity contribution is 8.03. The number of nitrogens with two attached hydrogens (primary N) is 2. The number of anilines is 1. The monoisotopic (exact) mass is 470 g/mol. The summed E-state index contributed by atoms with van der Waals surface area (Å²) in [6, 6.07) is 13.7. The molecule has 7 N–H and O–H groups in total. The zero-order chi connectivity index (χ0) is 24.2. The number of hydrogen-bond acceptors (Lipinski definition) is 8. The molecule has 0 saturated heterocycles. The lowest BCUT2D eigenvalue weighted by Crippen LogP contribution is -2.32. The highest BCUT2D eigenvalue weighted by Gasteiger charge is 2.18. The number of hydrazine groups is 1. The van der Waals surface area contributed by atoms with Gasteiger partial charge in [0.1, 0.15) is 5.75 Å². The normalized spacial score (nSPS) is 11.6. The number of amidine groups is 1. The Morgan fingerprint density at radius 3 is 2.52 bits per heavy atom. The summed E-state index contributed by atoms with van der Waals surface area (Å²) in [5.41, 5.74) is 3.73. The fourth-order valence-electron chi connectivity index (χ4n) is 2.88. The lowest BCUT2D eigenvalue weighted by Gasteiger charge is -2.16. The number of aromatic hydroxyl groups is 1. The van der Waals surface area contributed by atoms with E-state index in [2.05, 4.69) is 15.8 Å². The minimum atomic E-state index is -0.423. The van der Waals surface area contributed by atoms with Gasteiger partial charge in [0.15, 0.2) is 5.84 Å². The molecule has 0 spiro atoms. The second-order valence-corrected chi connectivity index (χ2v) is 7.58. The molecule has 0 radical (unpaired) electrons. The Morgan fingerprint density at radius 2 is 1.94 bits per heavy atom. The molecule has 2 aromatic rings. The number of nitrogens with one attached hydrogen (secondary N) is 2. The molecule has 0 aromatic heterocycles. The highest BCUT2D eigenvalue weighted by Crippen LogP contribution is 2.22. The molecule has 0 heterocycles. The number of carbonyl (C=O) groups excluding carboxylic acids is 3. The summed E-state index contributed by atoms with van der Waals surface area (Å²) >= 11 is 1.25. The molecule has 174 valence electrons. The van der Waals surface area contributed by atoms with E-state index in [4.69, 9.17) is 11.7 Å². The predicted octanol–water partition coefficient (Wildman–Crippen LogP) is 1.58. The lowest BCUT2D eigenvalue weighted by molar-refractivity contribution is -0.135. The topological polar surface area (TPSA) is 163 Å². The zero-order valence-electron chi connectivity index (χ0n) is 18.0. The van der Waals surface area contributed by atoms with Crippen molar-refractivity contribution in [2.75, 3.05) is 18.1 Å². The van der Waals surface area contributed by atoms with E-state index in [9.17, 15) is 19.5 Å². The Kier molecular flexibility index (Phi) is 9.93.